The summed E-state index contributed by atoms with van der Waals surface area (Å²) in [5.41, 5.74) is 5.64. The molecular formula is C15H28N4O8. The summed E-state index contributed by atoms with van der Waals surface area (Å²) in [7, 11) is 0. The van der Waals surface area contributed by atoms with Crippen molar-refractivity contribution in [3.8, 4) is 0 Å². The smallest absolute Gasteiger partial charge is 0.328 e. The highest BCUT2D eigenvalue weighted by Gasteiger charge is 2.31. The van der Waals surface area contributed by atoms with Crippen molar-refractivity contribution in [3.63, 3.8) is 0 Å². The predicted octanol–water partition coefficient (Wildman–Crippen LogP) is -4.13. The zero-order valence-electron chi connectivity index (χ0n) is 15.4. The van der Waals surface area contributed by atoms with Crippen molar-refractivity contribution in [2.24, 2.45) is 11.7 Å². The van der Waals surface area contributed by atoms with Crippen LogP contribution in [0.2, 0.25) is 0 Å². The second-order valence-corrected chi connectivity index (χ2v) is 6.32. The third-order valence-electron chi connectivity index (χ3n) is 3.70. The molecule has 27 heavy (non-hydrogen) atoms. The lowest BCUT2D eigenvalue weighted by Crippen LogP contribution is -2.60. The van der Waals surface area contributed by atoms with Gasteiger partial charge in [0.2, 0.25) is 17.7 Å². The zero-order valence-corrected chi connectivity index (χ0v) is 15.4. The van der Waals surface area contributed by atoms with E-state index < -0.39 is 67.2 Å². The second kappa shape index (κ2) is 11.4. The Labute approximate surface area is 156 Å². The lowest BCUT2D eigenvalue weighted by molar-refractivity contribution is -0.145. The Hall–Kier alpha value is -2.28. The van der Waals surface area contributed by atoms with E-state index in [-0.39, 0.29) is 5.92 Å². The van der Waals surface area contributed by atoms with Crippen molar-refractivity contribution in [1.82, 2.24) is 16.0 Å². The summed E-state index contributed by atoms with van der Waals surface area (Å²) in [5, 5.41) is 43.1. The summed E-state index contributed by atoms with van der Waals surface area (Å²) in [6, 6.07) is -5.58. The molecule has 12 nitrogen and oxygen atoms in total. The predicted molar refractivity (Wildman–Crippen MR) is 92.1 cm³/mol. The van der Waals surface area contributed by atoms with E-state index in [1.54, 1.807) is 13.8 Å². The normalized spacial score (nSPS) is 16.6. The molecule has 0 aromatic heterocycles. The van der Waals surface area contributed by atoms with Gasteiger partial charge in [0.25, 0.3) is 0 Å². The first-order chi connectivity index (χ1) is 12.5. The number of hydrogen-bond acceptors (Lipinski definition) is 8. The molecule has 0 aromatic carbocycles. The first-order valence-electron chi connectivity index (χ1n) is 8.25. The Morgan fingerprint density at radius 3 is 1.59 bits per heavy atom. The second-order valence-electron chi connectivity index (χ2n) is 6.32. The first-order valence-corrected chi connectivity index (χ1v) is 8.25. The number of aliphatic hydroxyl groups excluding tert-OH is 3. The topological polar surface area (TPSA) is 211 Å². The van der Waals surface area contributed by atoms with Crippen LogP contribution < -0.4 is 21.7 Å². The number of carboxylic acid groups (broad SMARTS) is 1. The molecule has 12 heteroatoms. The average Bonchev–Trinajstić information content (AvgIpc) is 2.59. The molecule has 0 fully saturated rings. The van der Waals surface area contributed by atoms with Gasteiger partial charge in [0.05, 0.1) is 25.4 Å². The number of carboxylic acids is 1. The van der Waals surface area contributed by atoms with Crippen LogP contribution in [-0.2, 0) is 19.2 Å². The highest BCUT2D eigenvalue weighted by molar-refractivity contribution is 5.94. The number of aliphatic hydroxyl groups is 3. The molecule has 156 valence electrons. The number of hydrogen-bond donors (Lipinski definition) is 8. The minimum absolute atomic E-state index is 0.225. The van der Waals surface area contributed by atoms with Crippen molar-refractivity contribution in [2.75, 3.05) is 13.2 Å². The van der Waals surface area contributed by atoms with Gasteiger partial charge in [-0.25, -0.2) is 4.79 Å². The monoisotopic (exact) mass is 392 g/mol. The van der Waals surface area contributed by atoms with E-state index in [0.29, 0.717) is 0 Å². The van der Waals surface area contributed by atoms with Crippen LogP contribution in [0.25, 0.3) is 0 Å². The third kappa shape index (κ3) is 7.86. The van der Waals surface area contributed by atoms with E-state index in [1.807, 2.05) is 5.32 Å². The summed E-state index contributed by atoms with van der Waals surface area (Å²) in [6.07, 6.45) is -1.43. The maximum atomic E-state index is 12.1. The van der Waals surface area contributed by atoms with Crippen LogP contribution in [-0.4, -0.2) is 87.6 Å². The fraction of sp³-hybridized carbons (Fsp3) is 0.733. The molecule has 5 atom stereocenters. The summed E-state index contributed by atoms with van der Waals surface area (Å²) in [6.45, 7) is 2.83. The lowest BCUT2D eigenvalue weighted by Gasteiger charge is -2.24. The number of nitrogens with one attached hydrogen (secondary N) is 3. The molecule has 0 saturated carbocycles. The Balaban J connectivity index is 5.00. The molecule has 0 bridgehead atoms. The molecule has 5 unspecified atom stereocenters. The fourth-order valence-electron chi connectivity index (χ4n) is 1.87. The summed E-state index contributed by atoms with van der Waals surface area (Å²) >= 11 is 0. The molecule has 0 aliphatic carbocycles. The molecule has 0 aromatic rings. The Bertz CT molecular complexity index is 540. The first kappa shape index (κ1) is 24.7. The van der Waals surface area contributed by atoms with Gasteiger partial charge in [0.1, 0.15) is 12.1 Å². The van der Waals surface area contributed by atoms with Crippen LogP contribution in [0.3, 0.4) is 0 Å². The van der Waals surface area contributed by atoms with Crippen molar-refractivity contribution in [2.45, 2.75) is 51.0 Å². The molecule has 9 N–H and O–H groups in total. The van der Waals surface area contributed by atoms with Gasteiger partial charge in [0, 0.05) is 0 Å². The Morgan fingerprint density at radius 2 is 1.26 bits per heavy atom. The molecule has 0 aliphatic heterocycles. The molecule has 0 heterocycles. The molecule has 0 saturated heterocycles. The number of rotatable bonds is 11. The van der Waals surface area contributed by atoms with E-state index >= 15 is 0 Å². The molecule has 0 spiro atoms. The van der Waals surface area contributed by atoms with Gasteiger partial charge in [-0.3, -0.25) is 14.4 Å². The molecule has 0 aliphatic rings. The summed E-state index contributed by atoms with van der Waals surface area (Å²) in [4.78, 5) is 47.1. The summed E-state index contributed by atoms with van der Waals surface area (Å²) in [5.74, 6) is -4.48. The van der Waals surface area contributed by atoms with E-state index in [9.17, 15) is 34.5 Å². The van der Waals surface area contributed by atoms with Crippen molar-refractivity contribution >= 4 is 23.7 Å². The van der Waals surface area contributed by atoms with Crippen LogP contribution in [0.15, 0.2) is 0 Å². The highest BCUT2D eigenvalue weighted by Crippen LogP contribution is 2.00. The van der Waals surface area contributed by atoms with Crippen molar-refractivity contribution in [1.29, 1.82) is 0 Å². The van der Waals surface area contributed by atoms with Crippen LogP contribution in [0, 0.1) is 5.92 Å². The SMILES string of the molecule is CC(C)C(N)C(=O)NC(CO)C(=O)NC(CO)C(=O)NC(C(=O)O)C(C)O. The maximum absolute atomic E-state index is 12.1. The number of aliphatic carboxylic acids is 1. The minimum atomic E-state index is -1.65. The van der Waals surface area contributed by atoms with E-state index in [4.69, 9.17) is 10.8 Å². The van der Waals surface area contributed by atoms with Crippen LogP contribution in [0.4, 0.5) is 0 Å². The van der Waals surface area contributed by atoms with Gasteiger partial charge in [0.15, 0.2) is 6.04 Å². The molecule has 0 radical (unpaired) electrons. The van der Waals surface area contributed by atoms with Gasteiger partial charge in [-0.05, 0) is 12.8 Å². The van der Waals surface area contributed by atoms with Gasteiger partial charge in [-0.2, -0.15) is 0 Å². The standard InChI is InChI=1S/C15H28N4O8/c1-6(2)10(16)14(25)18-8(4-20)12(23)17-9(5-21)13(24)19-11(7(3)22)15(26)27/h6-11,20-22H,4-5,16H2,1-3H3,(H,17,23)(H,18,25)(H,19,24)(H,26,27). The van der Waals surface area contributed by atoms with Crippen LogP contribution >= 0.6 is 0 Å². The highest BCUT2D eigenvalue weighted by atomic mass is 16.4. The van der Waals surface area contributed by atoms with Crippen molar-refractivity contribution < 1.29 is 39.6 Å². The number of nitrogens with two attached hydrogens (primary N) is 1. The zero-order chi connectivity index (χ0) is 21.3. The van der Waals surface area contributed by atoms with Crippen LogP contribution in [0.1, 0.15) is 20.8 Å². The third-order valence-corrected chi connectivity index (χ3v) is 3.70. The maximum Gasteiger partial charge on any atom is 0.328 e. The van der Waals surface area contributed by atoms with E-state index in [1.165, 1.54) is 0 Å². The van der Waals surface area contributed by atoms with E-state index in [2.05, 4.69) is 10.6 Å². The quantitative estimate of drug-likeness (QED) is 0.171. The Morgan fingerprint density at radius 1 is 0.852 bits per heavy atom. The minimum Gasteiger partial charge on any atom is -0.480 e. The number of carbonyl (C=O) groups is 4. The largest absolute Gasteiger partial charge is 0.480 e. The number of amides is 3. The van der Waals surface area contributed by atoms with Gasteiger partial charge in [-0.1, -0.05) is 13.8 Å². The van der Waals surface area contributed by atoms with Gasteiger partial charge in [-0.15, -0.1) is 0 Å². The average molecular weight is 392 g/mol. The number of carbonyl (C=O) groups excluding carboxylic acids is 3. The fourth-order valence-corrected chi connectivity index (χ4v) is 1.87. The van der Waals surface area contributed by atoms with E-state index in [0.717, 1.165) is 6.92 Å². The molecular weight excluding hydrogens is 364 g/mol. The Kier molecular flexibility index (Phi) is 10.5. The van der Waals surface area contributed by atoms with Gasteiger partial charge < -0.3 is 42.1 Å². The van der Waals surface area contributed by atoms with Gasteiger partial charge >= 0.3 is 5.97 Å². The molecule has 3 amide bonds. The van der Waals surface area contributed by atoms with Crippen molar-refractivity contribution in [3.05, 3.63) is 0 Å². The van der Waals surface area contributed by atoms with Crippen LogP contribution in [0.5, 0.6) is 0 Å². The molecule has 0 rings (SSSR count). The lowest BCUT2D eigenvalue weighted by atomic mass is 10.0. The summed E-state index contributed by atoms with van der Waals surface area (Å²) < 4.78 is 0.